The highest BCUT2D eigenvalue weighted by Gasteiger charge is 2.37. The Hall–Kier alpha value is -2.96. The minimum Gasteiger partial charge on any atom is -0.493 e. The molecule has 0 bridgehead atoms. The zero-order valence-corrected chi connectivity index (χ0v) is 17.6. The fourth-order valence-corrected chi connectivity index (χ4v) is 4.13. The Bertz CT molecular complexity index is 1090. The SMILES string of the molecule is COc1cccc(C2OC(C(C)C(=O)O)c3cccn3-c3ccc(Cl)cc32)c1OC. The van der Waals surface area contributed by atoms with Crippen molar-refractivity contribution in [2.45, 2.75) is 19.1 Å². The smallest absolute Gasteiger partial charge is 0.309 e. The summed E-state index contributed by atoms with van der Waals surface area (Å²) < 4.78 is 19.6. The molecule has 2 aromatic carbocycles. The van der Waals surface area contributed by atoms with Crippen molar-refractivity contribution in [2.24, 2.45) is 5.92 Å². The summed E-state index contributed by atoms with van der Waals surface area (Å²) in [7, 11) is 3.14. The van der Waals surface area contributed by atoms with Crippen LogP contribution in [0.1, 0.15) is 36.0 Å². The van der Waals surface area contributed by atoms with Gasteiger partial charge >= 0.3 is 5.97 Å². The zero-order valence-electron chi connectivity index (χ0n) is 16.8. The van der Waals surface area contributed by atoms with Crippen molar-refractivity contribution >= 4 is 17.6 Å². The second-order valence-electron chi connectivity index (χ2n) is 7.15. The van der Waals surface area contributed by atoms with E-state index >= 15 is 0 Å². The molecular weight excluding hydrogens is 406 g/mol. The molecule has 1 aliphatic heterocycles. The van der Waals surface area contributed by atoms with Crippen LogP contribution in [0.5, 0.6) is 11.5 Å². The number of carboxylic acids is 1. The van der Waals surface area contributed by atoms with Gasteiger partial charge in [0.1, 0.15) is 12.2 Å². The number of para-hydroxylation sites is 1. The number of benzene rings is 2. The average molecular weight is 428 g/mol. The van der Waals surface area contributed by atoms with Gasteiger partial charge in [0.25, 0.3) is 0 Å². The third kappa shape index (κ3) is 3.32. The Balaban J connectivity index is 1.98. The van der Waals surface area contributed by atoms with Crippen molar-refractivity contribution in [3.63, 3.8) is 0 Å². The van der Waals surface area contributed by atoms with E-state index in [1.807, 2.05) is 53.2 Å². The van der Waals surface area contributed by atoms with Crippen LogP contribution in [-0.2, 0) is 9.53 Å². The molecule has 156 valence electrons. The van der Waals surface area contributed by atoms with Gasteiger partial charge in [-0.1, -0.05) is 23.7 Å². The van der Waals surface area contributed by atoms with E-state index in [9.17, 15) is 9.90 Å². The Morgan fingerprint density at radius 3 is 2.63 bits per heavy atom. The first-order chi connectivity index (χ1) is 14.5. The minimum absolute atomic E-state index is 0.532. The van der Waals surface area contributed by atoms with Gasteiger partial charge in [-0.05, 0) is 43.3 Å². The van der Waals surface area contributed by atoms with Gasteiger partial charge < -0.3 is 23.9 Å². The molecule has 3 atom stereocenters. The third-order valence-electron chi connectivity index (χ3n) is 5.45. The quantitative estimate of drug-likeness (QED) is 0.618. The maximum absolute atomic E-state index is 11.9. The number of fused-ring (bicyclic) bond motifs is 3. The first kappa shape index (κ1) is 20.3. The van der Waals surface area contributed by atoms with Gasteiger partial charge in [0, 0.05) is 22.3 Å². The number of rotatable bonds is 5. The number of nitrogens with zero attached hydrogens (tertiary/aromatic N) is 1. The van der Waals surface area contributed by atoms with Crippen molar-refractivity contribution in [3.8, 4) is 17.2 Å². The Morgan fingerprint density at radius 2 is 1.93 bits per heavy atom. The summed E-state index contributed by atoms with van der Waals surface area (Å²) in [5, 5.41) is 10.3. The lowest BCUT2D eigenvalue weighted by atomic mass is 9.97. The predicted molar refractivity (Wildman–Crippen MR) is 113 cm³/mol. The highest BCUT2D eigenvalue weighted by Crippen LogP contribution is 2.47. The van der Waals surface area contributed by atoms with Crippen LogP contribution >= 0.6 is 11.6 Å². The summed E-state index contributed by atoms with van der Waals surface area (Å²) in [5.74, 6) is -0.617. The Labute approximate surface area is 179 Å². The van der Waals surface area contributed by atoms with Gasteiger partial charge in [0.15, 0.2) is 11.5 Å². The molecule has 0 spiro atoms. The number of ether oxygens (including phenoxy) is 3. The maximum atomic E-state index is 11.9. The largest absolute Gasteiger partial charge is 0.493 e. The van der Waals surface area contributed by atoms with Gasteiger partial charge in [-0.15, -0.1) is 0 Å². The second-order valence-corrected chi connectivity index (χ2v) is 7.59. The van der Waals surface area contributed by atoms with Crippen LogP contribution in [0.3, 0.4) is 0 Å². The lowest BCUT2D eigenvalue weighted by Crippen LogP contribution is -2.23. The molecule has 1 aromatic heterocycles. The third-order valence-corrected chi connectivity index (χ3v) is 5.68. The molecule has 0 aliphatic carbocycles. The number of carbonyl (C=O) groups is 1. The number of aliphatic carboxylic acids is 1. The van der Waals surface area contributed by atoms with E-state index in [-0.39, 0.29) is 0 Å². The van der Waals surface area contributed by atoms with E-state index in [0.29, 0.717) is 16.5 Å². The summed E-state index contributed by atoms with van der Waals surface area (Å²) in [4.78, 5) is 11.9. The van der Waals surface area contributed by atoms with Gasteiger partial charge in [-0.2, -0.15) is 0 Å². The van der Waals surface area contributed by atoms with Crippen LogP contribution in [0.15, 0.2) is 54.7 Å². The Morgan fingerprint density at radius 1 is 1.13 bits per heavy atom. The average Bonchev–Trinajstić information content (AvgIpc) is 3.18. The monoisotopic (exact) mass is 427 g/mol. The summed E-state index contributed by atoms with van der Waals surface area (Å²) in [5.41, 5.74) is 3.17. The fourth-order valence-electron chi connectivity index (χ4n) is 3.95. The molecule has 6 nitrogen and oxygen atoms in total. The molecular formula is C23H22ClNO5. The summed E-state index contributed by atoms with van der Waals surface area (Å²) in [6.45, 7) is 1.65. The first-order valence-electron chi connectivity index (χ1n) is 9.52. The van der Waals surface area contributed by atoms with E-state index in [1.165, 1.54) is 0 Å². The minimum atomic E-state index is -0.937. The van der Waals surface area contributed by atoms with Crippen molar-refractivity contribution in [3.05, 3.63) is 76.6 Å². The standard InChI is InChI=1S/C23H22ClNO5/c1-13(23(26)27)20-18-7-5-11-25(18)17-10-9-14(24)12-16(17)21(30-20)15-6-4-8-19(28-2)22(15)29-3/h4-13,20-21H,1-3H3,(H,26,27). The van der Waals surface area contributed by atoms with Crippen molar-refractivity contribution < 1.29 is 24.1 Å². The number of hydrogen-bond donors (Lipinski definition) is 1. The summed E-state index contributed by atoms with van der Waals surface area (Å²) >= 11 is 6.35. The lowest BCUT2D eigenvalue weighted by molar-refractivity contribution is -0.148. The molecule has 0 saturated heterocycles. The van der Waals surface area contributed by atoms with Crippen LogP contribution < -0.4 is 9.47 Å². The summed E-state index contributed by atoms with van der Waals surface area (Å²) in [6, 6.07) is 14.9. The van der Waals surface area contributed by atoms with Crippen LogP contribution in [0.4, 0.5) is 0 Å². The molecule has 2 heterocycles. The molecule has 3 unspecified atom stereocenters. The highest BCUT2D eigenvalue weighted by atomic mass is 35.5. The number of carboxylic acid groups (broad SMARTS) is 1. The molecule has 3 aromatic rings. The topological polar surface area (TPSA) is 69.9 Å². The number of methoxy groups -OCH3 is 2. The van der Waals surface area contributed by atoms with Crippen molar-refractivity contribution in [2.75, 3.05) is 14.2 Å². The van der Waals surface area contributed by atoms with E-state index in [4.69, 9.17) is 25.8 Å². The van der Waals surface area contributed by atoms with Gasteiger partial charge in [0.05, 0.1) is 31.5 Å². The fraction of sp³-hybridized carbons (Fsp3) is 0.261. The second kappa shape index (κ2) is 8.05. The molecule has 30 heavy (non-hydrogen) atoms. The van der Waals surface area contributed by atoms with Crippen LogP contribution in [0.25, 0.3) is 5.69 Å². The number of halogens is 1. The number of hydrogen-bond acceptors (Lipinski definition) is 4. The van der Waals surface area contributed by atoms with Crippen LogP contribution in [-0.4, -0.2) is 29.9 Å². The van der Waals surface area contributed by atoms with Gasteiger partial charge in [0.2, 0.25) is 0 Å². The van der Waals surface area contributed by atoms with E-state index in [0.717, 1.165) is 22.5 Å². The molecule has 0 radical (unpaired) electrons. The predicted octanol–water partition coefficient (Wildman–Crippen LogP) is 5.03. The molecule has 0 saturated carbocycles. The van der Waals surface area contributed by atoms with E-state index < -0.39 is 24.1 Å². The summed E-state index contributed by atoms with van der Waals surface area (Å²) in [6.07, 6.45) is 0.595. The van der Waals surface area contributed by atoms with Crippen LogP contribution in [0.2, 0.25) is 5.02 Å². The molecule has 4 rings (SSSR count). The molecule has 0 fully saturated rings. The normalized spacial score (nSPS) is 18.7. The molecule has 7 heteroatoms. The van der Waals surface area contributed by atoms with E-state index in [1.54, 1.807) is 27.2 Å². The highest BCUT2D eigenvalue weighted by molar-refractivity contribution is 6.30. The van der Waals surface area contributed by atoms with Crippen molar-refractivity contribution in [1.29, 1.82) is 0 Å². The van der Waals surface area contributed by atoms with Crippen LogP contribution in [0, 0.1) is 5.92 Å². The zero-order chi connectivity index (χ0) is 21.4. The van der Waals surface area contributed by atoms with Gasteiger partial charge in [-0.25, -0.2) is 0 Å². The first-order valence-corrected chi connectivity index (χ1v) is 9.90. The van der Waals surface area contributed by atoms with Crippen molar-refractivity contribution in [1.82, 2.24) is 4.57 Å². The molecule has 1 aliphatic rings. The maximum Gasteiger partial charge on any atom is 0.309 e. The molecule has 0 amide bonds. The lowest BCUT2D eigenvalue weighted by Gasteiger charge is -2.27. The van der Waals surface area contributed by atoms with E-state index in [2.05, 4.69) is 0 Å². The van der Waals surface area contributed by atoms with Gasteiger partial charge in [-0.3, -0.25) is 4.79 Å². The number of aromatic nitrogens is 1. The molecule has 1 N–H and O–H groups in total. The Kier molecular flexibility index (Phi) is 5.45.